The first-order valence-corrected chi connectivity index (χ1v) is 13.0. The second-order valence-corrected chi connectivity index (χ2v) is 8.95. The third kappa shape index (κ3) is 24.8. The summed E-state index contributed by atoms with van der Waals surface area (Å²) in [6.07, 6.45) is 22.1. The van der Waals surface area contributed by atoms with Gasteiger partial charge in [-0.15, -0.1) is 6.58 Å². The lowest BCUT2D eigenvalue weighted by molar-refractivity contribution is -0.150. The Balaban J connectivity index is 3.24. The normalized spacial score (nSPS) is 10.8. The number of rotatable bonds is 23. The number of carbonyl (C=O) groups is 2. The van der Waals surface area contributed by atoms with Crippen molar-refractivity contribution in [3.05, 3.63) is 12.2 Å². The lowest BCUT2D eigenvalue weighted by Gasteiger charge is -2.06. The highest BCUT2D eigenvalue weighted by atomic mass is 16.5. The van der Waals surface area contributed by atoms with Crippen LogP contribution in [0.15, 0.2) is 12.2 Å². The number of hydrogen-bond donors (Lipinski definition) is 0. The van der Waals surface area contributed by atoms with E-state index >= 15 is 0 Å². The molecule has 0 N–H and O–H groups in total. The van der Waals surface area contributed by atoms with E-state index in [0.29, 0.717) is 19.6 Å². The Hall–Kier alpha value is -1.32. The molecule has 182 valence electrons. The van der Waals surface area contributed by atoms with Crippen LogP contribution < -0.4 is 0 Å². The number of hydrogen-bond acceptors (Lipinski definition) is 4. The topological polar surface area (TPSA) is 52.6 Å². The van der Waals surface area contributed by atoms with Gasteiger partial charge in [0.1, 0.15) is 0 Å². The van der Waals surface area contributed by atoms with Gasteiger partial charge in [-0.2, -0.15) is 0 Å². The fourth-order valence-corrected chi connectivity index (χ4v) is 3.52. The zero-order valence-corrected chi connectivity index (χ0v) is 20.7. The molecule has 0 bridgehead atoms. The van der Waals surface area contributed by atoms with Gasteiger partial charge in [-0.05, 0) is 13.3 Å². The summed E-state index contributed by atoms with van der Waals surface area (Å²) in [6.45, 7) is 8.72. The Morgan fingerprint density at radius 1 is 0.548 bits per heavy atom. The third-order valence-corrected chi connectivity index (χ3v) is 5.59. The van der Waals surface area contributed by atoms with E-state index in [1.807, 2.05) is 6.92 Å². The van der Waals surface area contributed by atoms with E-state index < -0.39 is 0 Å². The van der Waals surface area contributed by atoms with Crippen molar-refractivity contribution in [2.45, 2.75) is 136 Å². The quantitative estimate of drug-likeness (QED) is 0.0919. The van der Waals surface area contributed by atoms with Crippen LogP contribution in [0, 0.1) is 0 Å². The van der Waals surface area contributed by atoms with E-state index in [1.54, 1.807) is 0 Å². The molecular formula is C27H50O4. The monoisotopic (exact) mass is 438 g/mol. The van der Waals surface area contributed by atoms with Crippen LogP contribution in [0.5, 0.6) is 0 Å². The van der Waals surface area contributed by atoms with Gasteiger partial charge in [0.25, 0.3) is 0 Å². The second-order valence-electron chi connectivity index (χ2n) is 8.95. The Bertz CT molecular complexity index is 445. The molecule has 4 heteroatoms. The summed E-state index contributed by atoms with van der Waals surface area (Å²) in [4.78, 5) is 23.1. The van der Waals surface area contributed by atoms with E-state index in [2.05, 4.69) is 13.5 Å². The molecule has 0 aromatic rings. The molecule has 0 atom stereocenters. The van der Waals surface area contributed by atoms with Gasteiger partial charge in [-0.1, -0.05) is 109 Å². The number of ether oxygens (including phenoxy) is 2. The predicted octanol–water partition coefficient (Wildman–Crippen LogP) is 8.08. The number of unbranched alkanes of at least 4 members (excludes halogenated alkanes) is 15. The Morgan fingerprint density at radius 2 is 0.903 bits per heavy atom. The minimum Gasteiger partial charge on any atom is -0.466 e. The maximum absolute atomic E-state index is 11.6. The van der Waals surface area contributed by atoms with Crippen LogP contribution in [0.4, 0.5) is 0 Å². The molecule has 0 unspecified atom stereocenters. The first kappa shape index (κ1) is 29.7. The van der Waals surface area contributed by atoms with Gasteiger partial charge in [0.05, 0.1) is 26.1 Å². The van der Waals surface area contributed by atoms with Crippen LogP contribution in [0.1, 0.15) is 136 Å². The minimum absolute atomic E-state index is 0.0913. The smallest absolute Gasteiger partial charge is 0.306 e. The summed E-state index contributed by atoms with van der Waals surface area (Å²) in [6, 6.07) is 0. The van der Waals surface area contributed by atoms with E-state index in [1.165, 1.54) is 89.9 Å². The molecule has 0 aromatic carbocycles. The standard InChI is InChI=1S/C27H50O4/c1-4-5-6-7-8-9-10-11-12-13-14-15-16-17-18-19-23-30-26(28)20-21-27(29)31-24-22-25(2)3/h2,4-24H2,1,3H3. The van der Waals surface area contributed by atoms with E-state index in [0.717, 1.165) is 18.4 Å². The fraction of sp³-hybridized carbons (Fsp3) is 0.852. The van der Waals surface area contributed by atoms with Gasteiger partial charge >= 0.3 is 11.9 Å². The summed E-state index contributed by atoms with van der Waals surface area (Å²) in [5, 5.41) is 0. The minimum atomic E-state index is -0.347. The van der Waals surface area contributed by atoms with Crippen molar-refractivity contribution >= 4 is 11.9 Å². The van der Waals surface area contributed by atoms with Crippen molar-refractivity contribution in [1.82, 2.24) is 0 Å². The van der Waals surface area contributed by atoms with Crippen LogP contribution in [-0.4, -0.2) is 25.2 Å². The van der Waals surface area contributed by atoms with Gasteiger partial charge in [-0.25, -0.2) is 0 Å². The molecule has 0 radical (unpaired) electrons. The average Bonchev–Trinajstić information content (AvgIpc) is 2.74. The van der Waals surface area contributed by atoms with Gasteiger partial charge < -0.3 is 9.47 Å². The first-order valence-electron chi connectivity index (χ1n) is 13.0. The Labute approximate surface area is 192 Å². The van der Waals surface area contributed by atoms with Crippen LogP contribution >= 0.6 is 0 Å². The fourth-order valence-electron chi connectivity index (χ4n) is 3.52. The molecule has 0 saturated heterocycles. The molecule has 0 heterocycles. The number of carbonyl (C=O) groups excluding carboxylic acids is 2. The average molecular weight is 439 g/mol. The van der Waals surface area contributed by atoms with Crippen molar-refractivity contribution in [3.63, 3.8) is 0 Å². The summed E-state index contributed by atoms with van der Waals surface area (Å²) < 4.78 is 10.2. The highest BCUT2D eigenvalue weighted by Gasteiger charge is 2.09. The van der Waals surface area contributed by atoms with Crippen LogP contribution in [0.2, 0.25) is 0 Å². The highest BCUT2D eigenvalue weighted by molar-refractivity contribution is 5.77. The molecule has 31 heavy (non-hydrogen) atoms. The lowest BCUT2D eigenvalue weighted by Crippen LogP contribution is -2.11. The molecule has 0 aliphatic heterocycles. The van der Waals surface area contributed by atoms with Crippen molar-refractivity contribution in [3.8, 4) is 0 Å². The molecule has 0 aliphatic rings. The van der Waals surface area contributed by atoms with Gasteiger partial charge in [0, 0.05) is 6.42 Å². The van der Waals surface area contributed by atoms with Gasteiger partial charge in [0.2, 0.25) is 0 Å². The zero-order chi connectivity index (χ0) is 23.0. The molecule has 0 fully saturated rings. The first-order chi connectivity index (χ1) is 15.1. The van der Waals surface area contributed by atoms with Crippen molar-refractivity contribution in [2.75, 3.05) is 13.2 Å². The molecule has 4 nitrogen and oxygen atoms in total. The highest BCUT2D eigenvalue weighted by Crippen LogP contribution is 2.13. The van der Waals surface area contributed by atoms with E-state index in [4.69, 9.17) is 9.47 Å². The van der Waals surface area contributed by atoms with Crippen molar-refractivity contribution in [2.24, 2.45) is 0 Å². The molecule has 0 rings (SSSR count). The SMILES string of the molecule is C=C(C)CCOC(=O)CCC(=O)OCCCCCCCCCCCCCCCCCC. The zero-order valence-electron chi connectivity index (χ0n) is 20.7. The molecule has 0 aromatic heterocycles. The molecule has 0 saturated carbocycles. The van der Waals surface area contributed by atoms with E-state index in [9.17, 15) is 9.59 Å². The summed E-state index contributed by atoms with van der Waals surface area (Å²) >= 11 is 0. The maximum atomic E-state index is 11.6. The Morgan fingerprint density at radius 3 is 1.29 bits per heavy atom. The van der Waals surface area contributed by atoms with Crippen LogP contribution in [-0.2, 0) is 19.1 Å². The van der Waals surface area contributed by atoms with Gasteiger partial charge in [0.15, 0.2) is 0 Å². The lowest BCUT2D eigenvalue weighted by atomic mass is 10.0. The van der Waals surface area contributed by atoms with E-state index in [-0.39, 0.29) is 24.8 Å². The van der Waals surface area contributed by atoms with Crippen LogP contribution in [0.3, 0.4) is 0 Å². The Kier molecular flexibility index (Phi) is 22.4. The van der Waals surface area contributed by atoms with Crippen LogP contribution in [0.25, 0.3) is 0 Å². The summed E-state index contributed by atoms with van der Waals surface area (Å²) in [5.41, 5.74) is 0.978. The van der Waals surface area contributed by atoms with Crippen molar-refractivity contribution < 1.29 is 19.1 Å². The number of esters is 2. The largest absolute Gasteiger partial charge is 0.466 e. The predicted molar refractivity (Wildman–Crippen MR) is 130 cm³/mol. The van der Waals surface area contributed by atoms with Crippen molar-refractivity contribution in [1.29, 1.82) is 0 Å². The van der Waals surface area contributed by atoms with Gasteiger partial charge in [-0.3, -0.25) is 9.59 Å². The summed E-state index contributed by atoms with van der Waals surface area (Å²) in [7, 11) is 0. The summed E-state index contributed by atoms with van der Waals surface area (Å²) in [5.74, 6) is -0.654. The molecule has 0 aliphatic carbocycles. The third-order valence-electron chi connectivity index (χ3n) is 5.59. The molecule has 0 spiro atoms. The second kappa shape index (κ2) is 23.3. The molecular weight excluding hydrogens is 388 g/mol. The molecule has 0 amide bonds. The maximum Gasteiger partial charge on any atom is 0.306 e.